The lowest BCUT2D eigenvalue weighted by Gasteiger charge is -2.09. The van der Waals surface area contributed by atoms with Crippen molar-refractivity contribution < 1.29 is 9.32 Å². The molecule has 5 nitrogen and oxygen atoms in total. The van der Waals surface area contributed by atoms with Crippen molar-refractivity contribution >= 4 is 29.3 Å². The second-order valence-corrected chi connectivity index (χ2v) is 6.47. The second-order valence-electron chi connectivity index (χ2n) is 4.87. The first-order valence-corrected chi connectivity index (χ1v) is 8.39. The lowest BCUT2D eigenvalue weighted by molar-refractivity contribution is -0.121. The molecule has 0 saturated carbocycles. The third-order valence-electron chi connectivity index (χ3n) is 2.94. The van der Waals surface area contributed by atoms with Gasteiger partial charge in [0.2, 0.25) is 11.8 Å². The summed E-state index contributed by atoms with van der Waals surface area (Å²) in [4.78, 5) is 17.1. The molecule has 0 aliphatic carbocycles. The Morgan fingerprint density at radius 1 is 1.41 bits per heavy atom. The first kappa shape index (κ1) is 16.8. The van der Waals surface area contributed by atoms with Gasteiger partial charge in [0.15, 0.2) is 5.82 Å². The van der Waals surface area contributed by atoms with Crippen molar-refractivity contribution in [1.29, 1.82) is 0 Å². The Morgan fingerprint density at radius 3 is 2.77 bits per heavy atom. The van der Waals surface area contributed by atoms with E-state index in [2.05, 4.69) is 15.5 Å². The van der Waals surface area contributed by atoms with Crippen LogP contribution in [0.2, 0.25) is 5.02 Å². The van der Waals surface area contributed by atoms with Crippen molar-refractivity contribution in [2.75, 3.05) is 5.75 Å². The van der Waals surface area contributed by atoms with Gasteiger partial charge < -0.3 is 9.84 Å². The molecule has 0 unspecified atom stereocenters. The van der Waals surface area contributed by atoms with E-state index >= 15 is 0 Å². The Balaban J connectivity index is 1.66. The molecule has 0 spiro atoms. The van der Waals surface area contributed by atoms with E-state index < -0.39 is 0 Å². The average Bonchev–Trinajstić information content (AvgIpc) is 2.92. The van der Waals surface area contributed by atoms with Gasteiger partial charge in [-0.3, -0.25) is 4.79 Å². The standard InChI is InChI=1S/C15H18ClN3O2S/c1-10(15-18-11(2)21-19-15)17-14(20)4-3-9-22-13-7-5-12(16)6-8-13/h5-8,10H,3-4,9H2,1-2H3,(H,17,20)/t10-/m0/s1. The fourth-order valence-corrected chi connectivity index (χ4v) is 2.80. The summed E-state index contributed by atoms with van der Waals surface area (Å²) in [6, 6.07) is 7.45. The van der Waals surface area contributed by atoms with E-state index in [4.69, 9.17) is 16.1 Å². The number of thioether (sulfide) groups is 1. The van der Waals surface area contributed by atoms with E-state index in [0.717, 1.165) is 22.1 Å². The van der Waals surface area contributed by atoms with Crippen LogP contribution in [0.3, 0.4) is 0 Å². The van der Waals surface area contributed by atoms with Gasteiger partial charge in [-0.2, -0.15) is 4.98 Å². The predicted octanol–water partition coefficient (Wildman–Crippen LogP) is 3.78. The summed E-state index contributed by atoms with van der Waals surface area (Å²) in [7, 11) is 0. The molecule has 1 amide bonds. The number of carbonyl (C=O) groups is 1. The monoisotopic (exact) mass is 339 g/mol. The first-order chi connectivity index (χ1) is 10.5. The van der Waals surface area contributed by atoms with Gasteiger partial charge in [-0.15, -0.1) is 11.8 Å². The van der Waals surface area contributed by atoms with Crippen molar-refractivity contribution in [3.05, 3.63) is 41.0 Å². The molecular weight excluding hydrogens is 322 g/mol. The zero-order chi connectivity index (χ0) is 15.9. The molecule has 0 saturated heterocycles. The third-order valence-corrected chi connectivity index (χ3v) is 4.29. The molecule has 1 aromatic carbocycles. The minimum Gasteiger partial charge on any atom is -0.346 e. The number of hydrogen-bond donors (Lipinski definition) is 1. The number of hydrogen-bond acceptors (Lipinski definition) is 5. The maximum atomic E-state index is 11.9. The van der Waals surface area contributed by atoms with Crippen LogP contribution >= 0.6 is 23.4 Å². The number of nitrogens with zero attached hydrogens (tertiary/aromatic N) is 2. The van der Waals surface area contributed by atoms with Crippen molar-refractivity contribution in [2.24, 2.45) is 0 Å². The predicted molar refractivity (Wildman–Crippen MR) is 87.0 cm³/mol. The molecule has 0 radical (unpaired) electrons. The highest BCUT2D eigenvalue weighted by atomic mass is 35.5. The fraction of sp³-hybridized carbons (Fsp3) is 0.400. The van der Waals surface area contributed by atoms with Gasteiger partial charge in [0.1, 0.15) is 0 Å². The number of nitrogens with one attached hydrogen (secondary N) is 1. The zero-order valence-corrected chi connectivity index (χ0v) is 14.1. The average molecular weight is 340 g/mol. The quantitative estimate of drug-likeness (QED) is 0.614. The van der Waals surface area contributed by atoms with Crippen LogP contribution in [0.5, 0.6) is 0 Å². The van der Waals surface area contributed by atoms with Gasteiger partial charge in [0.25, 0.3) is 0 Å². The highest BCUT2D eigenvalue weighted by molar-refractivity contribution is 7.99. The van der Waals surface area contributed by atoms with E-state index in [1.807, 2.05) is 31.2 Å². The van der Waals surface area contributed by atoms with Gasteiger partial charge in [-0.05, 0) is 43.4 Å². The van der Waals surface area contributed by atoms with Gasteiger partial charge in [-0.1, -0.05) is 16.8 Å². The number of aromatic nitrogens is 2. The summed E-state index contributed by atoms with van der Waals surface area (Å²) in [6.07, 6.45) is 1.28. The molecule has 22 heavy (non-hydrogen) atoms. The summed E-state index contributed by atoms with van der Waals surface area (Å²) >= 11 is 7.55. The van der Waals surface area contributed by atoms with Gasteiger partial charge in [0.05, 0.1) is 6.04 Å². The fourth-order valence-electron chi connectivity index (χ4n) is 1.82. The molecule has 118 valence electrons. The summed E-state index contributed by atoms with van der Waals surface area (Å²) in [5.41, 5.74) is 0. The molecule has 1 aromatic heterocycles. The number of rotatable bonds is 7. The number of amides is 1. The van der Waals surface area contributed by atoms with E-state index in [1.165, 1.54) is 0 Å². The maximum Gasteiger partial charge on any atom is 0.223 e. The largest absolute Gasteiger partial charge is 0.346 e. The van der Waals surface area contributed by atoms with Crippen molar-refractivity contribution in [3.8, 4) is 0 Å². The van der Waals surface area contributed by atoms with E-state index in [-0.39, 0.29) is 11.9 Å². The number of benzene rings is 1. The Kier molecular flexibility index (Phi) is 6.27. The van der Waals surface area contributed by atoms with Gasteiger partial charge >= 0.3 is 0 Å². The molecule has 0 aliphatic heterocycles. The molecule has 0 bridgehead atoms. The Bertz CT molecular complexity index is 616. The first-order valence-electron chi connectivity index (χ1n) is 7.02. The Labute approximate surface area is 138 Å². The number of aryl methyl sites for hydroxylation is 1. The van der Waals surface area contributed by atoms with E-state index in [9.17, 15) is 4.79 Å². The van der Waals surface area contributed by atoms with Crippen LogP contribution in [0.15, 0.2) is 33.7 Å². The van der Waals surface area contributed by atoms with Crippen LogP contribution in [-0.2, 0) is 4.79 Å². The van der Waals surface area contributed by atoms with Crippen LogP contribution in [0, 0.1) is 6.92 Å². The Morgan fingerprint density at radius 2 is 2.14 bits per heavy atom. The lowest BCUT2D eigenvalue weighted by atomic mass is 10.2. The SMILES string of the molecule is Cc1nc([C@H](C)NC(=O)CCCSc2ccc(Cl)cc2)no1. The zero-order valence-electron chi connectivity index (χ0n) is 12.5. The van der Waals surface area contributed by atoms with Gasteiger partial charge in [-0.25, -0.2) is 0 Å². The van der Waals surface area contributed by atoms with Crippen molar-refractivity contribution in [2.45, 2.75) is 37.6 Å². The van der Waals surface area contributed by atoms with Crippen molar-refractivity contribution in [1.82, 2.24) is 15.5 Å². The topological polar surface area (TPSA) is 68.0 Å². The minimum absolute atomic E-state index is 0.00772. The molecule has 1 atom stereocenters. The molecule has 0 aliphatic rings. The van der Waals surface area contributed by atoms with Crippen LogP contribution in [-0.4, -0.2) is 21.8 Å². The van der Waals surface area contributed by atoms with Gasteiger partial charge in [0, 0.05) is 23.3 Å². The molecule has 0 fully saturated rings. The molecule has 2 aromatic rings. The lowest BCUT2D eigenvalue weighted by Crippen LogP contribution is -2.27. The molecule has 2 rings (SSSR count). The normalized spacial score (nSPS) is 12.1. The number of carbonyl (C=O) groups excluding carboxylic acids is 1. The maximum absolute atomic E-state index is 11.9. The summed E-state index contributed by atoms with van der Waals surface area (Å²) in [5.74, 6) is 1.87. The summed E-state index contributed by atoms with van der Waals surface area (Å²) < 4.78 is 4.90. The highest BCUT2D eigenvalue weighted by Crippen LogP contribution is 2.21. The summed E-state index contributed by atoms with van der Waals surface area (Å²) in [6.45, 7) is 3.56. The van der Waals surface area contributed by atoms with Crippen LogP contribution in [0.1, 0.15) is 37.5 Å². The molecular formula is C15H18ClN3O2S. The summed E-state index contributed by atoms with van der Waals surface area (Å²) in [5, 5.41) is 7.39. The molecule has 7 heteroatoms. The van der Waals surface area contributed by atoms with Crippen LogP contribution in [0.25, 0.3) is 0 Å². The number of halogens is 1. The minimum atomic E-state index is -0.242. The third kappa shape index (κ3) is 5.35. The second kappa shape index (κ2) is 8.19. The van der Waals surface area contributed by atoms with E-state index in [1.54, 1.807) is 18.7 Å². The molecule has 1 N–H and O–H groups in total. The van der Waals surface area contributed by atoms with E-state index in [0.29, 0.717) is 18.1 Å². The highest BCUT2D eigenvalue weighted by Gasteiger charge is 2.14. The smallest absolute Gasteiger partial charge is 0.223 e. The Hall–Kier alpha value is -1.53. The van der Waals surface area contributed by atoms with Crippen LogP contribution in [0.4, 0.5) is 0 Å². The van der Waals surface area contributed by atoms with Crippen LogP contribution < -0.4 is 5.32 Å². The van der Waals surface area contributed by atoms with Crippen molar-refractivity contribution in [3.63, 3.8) is 0 Å². The molecule has 1 heterocycles.